The van der Waals surface area contributed by atoms with Crippen molar-refractivity contribution < 1.29 is 9.59 Å². The zero-order valence-corrected chi connectivity index (χ0v) is 15.6. The van der Waals surface area contributed by atoms with Gasteiger partial charge in [-0.25, -0.2) is 4.98 Å². The molecule has 1 N–H and O–H groups in total. The van der Waals surface area contributed by atoms with Crippen LogP contribution in [0.3, 0.4) is 0 Å². The molecule has 1 aliphatic heterocycles. The van der Waals surface area contributed by atoms with Crippen LogP contribution in [0.4, 0.5) is 11.5 Å². The number of halogens is 1. The number of hydrogen-bond donors (Lipinski definition) is 1. The number of carbonyl (C=O) groups excluding carboxylic acids is 2. The third-order valence-electron chi connectivity index (χ3n) is 4.47. The van der Waals surface area contributed by atoms with E-state index in [1.807, 2.05) is 26.0 Å². The molecule has 7 heteroatoms. The van der Waals surface area contributed by atoms with Gasteiger partial charge < -0.3 is 15.1 Å². The monoisotopic (exact) mass is 372 g/mol. The molecule has 0 unspecified atom stereocenters. The van der Waals surface area contributed by atoms with E-state index in [1.54, 1.807) is 23.2 Å². The Labute approximate surface area is 157 Å². The summed E-state index contributed by atoms with van der Waals surface area (Å²) in [5, 5.41) is 3.42. The lowest BCUT2D eigenvalue weighted by atomic mass is 10.1. The van der Waals surface area contributed by atoms with Gasteiger partial charge in [-0.1, -0.05) is 17.7 Å². The van der Waals surface area contributed by atoms with Crippen LogP contribution in [0.15, 0.2) is 30.5 Å². The maximum absolute atomic E-state index is 12.7. The van der Waals surface area contributed by atoms with E-state index >= 15 is 0 Å². The molecule has 1 fully saturated rings. The van der Waals surface area contributed by atoms with Crippen molar-refractivity contribution in [2.45, 2.75) is 13.8 Å². The van der Waals surface area contributed by atoms with Gasteiger partial charge in [-0.2, -0.15) is 0 Å². The summed E-state index contributed by atoms with van der Waals surface area (Å²) in [7, 11) is 0. The van der Waals surface area contributed by atoms with Gasteiger partial charge in [-0.15, -0.1) is 0 Å². The molecule has 2 amide bonds. The summed E-state index contributed by atoms with van der Waals surface area (Å²) in [6.45, 7) is 6.57. The van der Waals surface area contributed by atoms with Crippen molar-refractivity contribution in [3.63, 3.8) is 0 Å². The average Bonchev–Trinajstić information content (AvgIpc) is 2.64. The van der Waals surface area contributed by atoms with Gasteiger partial charge in [0, 0.05) is 37.9 Å². The Balaban J connectivity index is 1.76. The minimum Gasteiger partial charge on any atom is -0.353 e. The molecule has 0 radical (unpaired) electrons. The smallest absolute Gasteiger partial charge is 0.255 e. The second-order valence-corrected chi connectivity index (χ2v) is 6.83. The fourth-order valence-corrected chi connectivity index (χ4v) is 3.42. The predicted octanol–water partition coefficient (Wildman–Crippen LogP) is 2.88. The van der Waals surface area contributed by atoms with Crippen LogP contribution < -0.4 is 10.2 Å². The number of carbonyl (C=O) groups is 2. The van der Waals surface area contributed by atoms with Gasteiger partial charge in [0.1, 0.15) is 5.82 Å². The fraction of sp³-hybridized carbons (Fsp3) is 0.316. The maximum atomic E-state index is 12.7. The van der Waals surface area contributed by atoms with Crippen LogP contribution in [-0.2, 0) is 4.79 Å². The Morgan fingerprint density at radius 3 is 2.58 bits per heavy atom. The summed E-state index contributed by atoms with van der Waals surface area (Å²) in [5.41, 5.74) is 3.11. The molecule has 1 saturated heterocycles. The molecule has 3 rings (SSSR count). The number of aryl methyl sites for hydroxylation is 2. The first-order chi connectivity index (χ1) is 12.5. The second kappa shape index (κ2) is 7.74. The lowest BCUT2D eigenvalue weighted by Crippen LogP contribution is -2.46. The standard InChI is InChI=1S/C19H21ClN4O2/c1-13-9-14(2)18(16(20)10-13)22-19(26)15-3-4-21-17(11-15)24-7-5-23(12-25)6-8-24/h3-4,9-12H,5-8H2,1-2H3,(H,22,26). The van der Waals surface area contributed by atoms with Crippen molar-refractivity contribution >= 4 is 35.4 Å². The molecule has 2 aromatic rings. The Morgan fingerprint density at radius 2 is 1.92 bits per heavy atom. The molecule has 0 aliphatic carbocycles. The summed E-state index contributed by atoms with van der Waals surface area (Å²) in [5.74, 6) is 0.504. The van der Waals surface area contributed by atoms with E-state index in [9.17, 15) is 9.59 Å². The first kappa shape index (κ1) is 18.2. The highest BCUT2D eigenvalue weighted by Crippen LogP contribution is 2.28. The van der Waals surface area contributed by atoms with E-state index in [4.69, 9.17) is 11.6 Å². The number of amides is 2. The van der Waals surface area contributed by atoms with Crippen LogP contribution >= 0.6 is 11.6 Å². The van der Waals surface area contributed by atoms with Crippen molar-refractivity contribution in [2.24, 2.45) is 0 Å². The van der Waals surface area contributed by atoms with E-state index in [1.165, 1.54) is 0 Å². The molecule has 136 valence electrons. The molecule has 2 heterocycles. The fourth-order valence-electron chi connectivity index (χ4n) is 3.05. The number of hydrogen-bond acceptors (Lipinski definition) is 4. The van der Waals surface area contributed by atoms with Gasteiger partial charge in [-0.3, -0.25) is 9.59 Å². The number of anilines is 2. The van der Waals surface area contributed by atoms with E-state index in [0.29, 0.717) is 42.5 Å². The summed E-state index contributed by atoms with van der Waals surface area (Å²) in [6.07, 6.45) is 2.49. The lowest BCUT2D eigenvalue weighted by Gasteiger charge is -2.33. The number of nitrogens with zero attached hydrogens (tertiary/aromatic N) is 3. The average molecular weight is 373 g/mol. The van der Waals surface area contributed by atoms with Gasteiger partial charge in [0.15, 0.2) is 0 Å². The Bertz CT molecular complexity index is 809. The summed E-state index contributed by atoms with van der Waals surface area (Å²) in [6, 6.07) is 7.25. The van der Waals surface area contributed by atoms with E-state index in [2.05, 4.69) is 15.2 Å². The van der Waals surface area contributed by atoms with Crippen LogP contribution in [0.2, 0.25) is 5.02 Å². The van der Waals surface area contributed by atoms with Crippen LogP contribution in [0.1, 0.15) is 21.5 Å². The number of rotatable bonds is 4. The van der Waals surface area contributed by atoms with Crippen LogP contribution in [-0.4, -0.2) is 48.4 Å². The van der Waals surface area contributed by atoms with E-state index < -0.39 is 0 Å². The topological polar surface area (TPSA) is 65.5 Å². The Hall–Kier alpha value is -2.60. The Morgan fingerprint density at radius 1 is 1.19 bits per heavy atom. The maximum Gasteiger partial charge on any atom is 0.255 e. The van der Waals surface area contributed by atoms with Crippen molar-refractivity contribution in [1.29, 1.82) is 0 Å². The number of nitrogens with one attached hydrogen (secondary N) is 1. The summed E-state index contributed by atoms with van der Waals surface area (Å²) < 4.78 is 0. The van der Waals surface area contributed by atoms with Crippen molar-refractivity contribution in [1.82, 2.24) is 9.88 Å². The van der Waals surface area contributed by atoms with Gasteiger partial charge in [0.25, 0.3) is 5.91 Å². The van der Waals surface area contributed by atoms with Crippen LogP contribution in [0.25, 0.3) is 0 Å². The molecule has 0 spiro atoms. The minimum absolute atomic E-state index is 0.228. The highest BCUT2D eigenvalue weighted by molar-refractivity contribution is 6.34. The van der Waals surface area contributed by atoms with Crippen molar-refractivity contribution in [3.05, 3.63) is 52.2 Å². The van der Waals surface area contributed by atoms with Crippen molar-refractivity contribution in [2.75, 3.05) is 36.4 Å². The molecule has 1 aromatic carbocycles. The second-order valence-electron chi connectivity index (χ2n) is 6.42. The first-order valence-electron chi connectivity index (χ1n) is 8.46. The molecule has 1 aromatic heterocycles. The number of benzene rings is 1. The third-order valence-corrected chi connectivity index (χ3v) is 4.76. The molecule has 1 aliphatic rings. The quantitative estimate of drug-likeness (QED) is 0.838. The zero-order valence-electron chi connectivity index (χ0n) is 14.8. The molecule has 0 atom stereocenters. The third kappa shape index (κ3) is 3.96. The van der Waals surface area contributed by atoms with Crippen LogP contribution in [0.5, 0.6) is 0 Å². The number of piperazine rings is 1. The number of aromatic nitrogens is 1. The molecule has 0 bridgehead atoms. The van der Waals surface area contributed by atoms with Crippen LogP contribution in [0, 0.1) is 13.8 Å². The largest absolute Gasteiger partial charge is 0.353 e. The molecular weight excluding hydrogens is 352 g/mol. The number of pyridine rings is 1. The normalized spacial score (nSPS) is 14.3. The Kier molecular flexibility index (Phi) is 5.42. The van der Waals surface area contributed by atoms with Gasteiger partial charge in [0.2, 0.25) is 6.41 Å². The predicted molar refractivity (Wildman–Crippen MR) is 103 cm³/mol. The van der Waals surface area contributed by atoms with Gasteiger partial charge >= 0.3 is 0 Å². The van der Waals surface area contributed by atoms with Crippen molar-refractivity contribution in [3.8, 4) is 0 Å². The van der Waals surface area contributed by atoms with Gasteiger partial charge in [-0.05, 0) is 43.2 Å². The molecule has 6 nitrogen and oxygen atoms in total. The molecule has 26 heavy (non-hydrogen) atoms. The molecule has 0 saturated carbocycles. The van der Waals surface area contributed by atoms with Gasteiger partial charge in [0.05, 0.1) is 10.7 Å². The highest BCUT2D eigenvalue weighted by Gasteiger charge is 2.18. The lowest BCUT2D eigenvalue weighted by molar-refractivity contribution is -0.118. The van der Waals surface area contributed by atoms with E-state index in [0.717, 1.165) is 23.4 Å². The minimum atomic E-state index is -0.228. The zero-order chi connectivity index (χ0) is 18.7. The first-order valence-corrected chi connectivity index (χ1v) is 8.84. The molecular formula is C19H21ClN4O2. The van der Waals surface area contributed by atoms with E-state index in [-0.39, 0.29) is 5.91 Å². The summed E-state index contributed by atoms with van der Waals surface area (Å²) >= 11 is 6.28. The SMILES string of the molecule is Cc1cc(C)c(NC(=O)c2ccnc(N3CCN(C=O)CC3)c2)c(Cl)c1. The highest BCUT2D eigenvalue weighted by atomic mass is 35.5. The summed E-state index contributed by atoms with van der Waals surface area (Å²) in [4.78, 5) is 31.7.